The number of amides is 1. The molecule has 0 bridgehead atoms. The molecular weight excluding hydrogens is 319 g/mol. The Morgan fingerprint density at radius 3 is 2.94 bits per heavy atom. The largest absolute Gasteiger partial charge is 0.343 e. The van der Waals surface area contributed by atoms with Crippen LogP contribution in [0.5, 0.6) is 0 Å². The Hall–Kier alpha value is -1.27. The van der Waals surface area contributed by atoms with Gasteiger partial charge in [0, 0.05) is 17.1 Å². The number of carbonyl (C=O) groups is 1. The molecule has 0 saturated carbocycles. The molecule has 0 radical (unpaired) electrons. The number of nitrogens with zero attached hydrogens (tertiary/aromatic N) is 1. The fourth-order valence-electron chi connectivity index (χ4n) is 1.43. The highest BCUT2D eigenvalue weighted by Gasteiger charge is 2.14. The maximum atomic E-state index is 13.3. The molecule has 1 N–H and O–H groups in total. The van der Waals surface area contributed by atoms with Crippen LogP contribution in [0.2, 0.25) is 0 Å². The average molecular weight is 329 g/mol. The monoisotopic (exact) mass is 328 g/mol. The average Bonchev–Trinajstić information content (AvgIpc) is 2.86. The Morgan fingerprint density at radius 1 is 1.56 bits per heavy atom. The molecule has 0 aliphatic heterocycles. The van der Waals surface area contributed by atoms with Crippen LogP contribution >= 0.6 is 27.3 Å². The van der Waals surface area contributed by atoms with Crippen LogP contribution in [0.15, 0.2) is 34.2 Å². The van der Waals surface area contributed by atoms with Crippen LogP contribution in [0, 0.1) is 5.82 Å². The molecule has 1 aromatic carbocycles. The third-order valence-corrected chi connectivity index (χ3v) is 3.95. The predicted molar refractivity (Wildman–Crippen MR) is 72.1 cm³/mol. The summed E-state index contributed by atoms with van der Waals surface area (Å²) in [6, 6.07) is 4.09. The summed E-state index contributed by atoms with van der Waals surface area (Å²) in [6.45, 7) is 1.84. The molecule has 2 rings (SSSR count). The Kier molecular flexibility index (Phi) is 4.08. The van der Waals surface area contributed by atoms with Gasteiger partial charge in [0.1, 0.15) is 10.8 Å². The van der Waals surface area contributed by atoms with E-state index < -0.39 is 5.82 Å². The van der Waals surface area contributed by atoms with E-state index in [-0.39, 0.29) is 11.9 Å². The third-order valence-electron chi connectivity index (χ3n) is 2.35. The first-order chi connectivity index (χ1) is 8.58. The van der Waals surface area contributed by atoms with E-state index in [9.17, 15) is 9.18 Å². The predicted octanol–water partition coefficient (Wildman–Crippen LogP) is 3.54. The van der Waals surface area contributed by atoms with Crippen LogP contribution in [-0.2, 0) is 0 Å². The van der Waals surface area contributed by atoms with Crippen LogP contribution in [-0.4, -0.2) is 10.9 Å². The number of nitrogens with one attached hydrogen (secondary N) is 1. The van der Waals surface area contributed by atoms with Gasteiger partial charge in [0.2, 0.25) is 0 Å². The normalized spacial score (nSPS) is 12.2. The Bertz CT molecular complexity index is 559. The first kappa shape index (κ1) is 13.2. The molecule has 0 aliphatic rings. The molecular formula is C12H10BrFN2OS. The molecule has 2 aromatic rings. The van der Waals surface area contributed by atoms with Gasteiger partial charge in [-0.05, 0) is 41.1 Å². The zero-order valence-electron chi connectivity index (χ0n) is 9.48. The van der Waals surface area contributed by atoms with Gasteiger partial charge in [-0.1, -0.05) is 0 Å². The minimum absolute atomic E-state index is 0.191. The van der Waals surface area contributed by atoms with Crippen LogP contribution in [0.1, 0.15) is 28.3 Å². The van der Waals surface area contributed by atoms with Crippen molar-refractivity contribution in [3.8, 4) is 0 Å². The van der Waals surface area contributed by atoms with E-state index in [1.807, 2.05) is 12.3 Å². The van der Waals surface area contributed by atoms with Gasteiger partial charge >= 0.3 is 0 Å². The molecule has 0 spiro atoms. The zero-order chi connectivity index (χ0) is 13.1. The minimum atomic E-state index is -0.454. The fourth-order valence-corrected chi connectivity index (χ4v) is 2.32. The summed E-state index contributed by atoms with van der Waals surface area (Å²) in [5.41, 5.74) is 0.291. The number of hydrogen-bond donors (Lipinski definition) is 1. The van der Waals surface area contributed by atoms with Crippen molar-refractivity contribution in [2.75, 3.05) is 0 Å². The smallest absolute Gasteiger partial charge is 0.251 e. The second kappa shape index (κ2) is 5.58. The van der Waals surface area contributed by atoms with Crippen molar-refractivity contribution in [1.29, 1.82) is 0 Å². The van der Waals surface area contributed by atoms with Crippen LogP contribution in [0.3, 0.4) is 0 Å². The summed E-state index contributed by atoms with van der Waals surface area (Å²) in [5.74, 6) is -0.770. The molecule has 0 fully saturated rings. The van der Waals surface area contributed by atoms with Gasteiger partial charge in [-0.3, -0.25) is 4.79 Å². The molecule has 1 aromatic heterocycles. The lowest BCUT2D eigenvalue weighted by atomic mass is 10.2. The van der Waals surface area contributed by atoms with E-state index in [1.54, 1.807) is 12.3 Å². The summed E-state index contributed by atoms with van der Waals surface area (Å²) in [6.07, 6.45) is 1.68. The van der Waals surface area contributed by atoms with E-state index >= 15 is 0 Å². The Balaban J connectivity index is 2.10. The number of aromatic nitrogens is 1. The molecule has 94 valence electrons. The number of carbonyl (C=O) groups excluding carboxylic acids is 1. The summed E-state index contributed by atoms with van der Waals surface area (Å²) in [5, 5.41) is 5.44. The minimum Gasteiger partial charge on any atom is -0.343 e. The van der Waals surface area contributed by atoms with Gasteiger partial charge < -0.3 is 5.32 Å². The maximum absolute atomic E-state index is 13.3. The van der Waals surface area contributed by atoms with Crippen molar-refractivity contribution in [3.63, 3.8) is 0 Å². The van der Waals surface area contributed by atoms with E-state index in [0.29, 0.717) is 10.0 Å². The van der Waals surface area contributed by atoms with Crippen molar-refractivity contribution in [3.05, 3.63) is 50.6 Å². The first-order valence-corrected chi connectivity index (χ1v) is 6.90. The fraction of sp³-hybridized carbons (Fsp3) is 0.167. The van der Waals surface area contributed by atoms with Gasteiger partial charge in [-0.25, -0.2) is 9.37 Å². The number of halogens is 2. The maximum Gasteiger partial charge on any atom is 0.251 e. The van der Waals surface area contributed by atoms with Gasteiger partial charge in [-0.15, -0.1) is 11.3 Å². The van der Waals surface area contributed by atoms with Gasteiger partial charge in [-0.2, -0.15) is 0 Å². The molecule has 1 unspecified atom stereocenters. The van der Waals surface area contributed by atoms with E-state index in [4.69, 9.17) is 0 Å². The molecule has 1 amide bonds. The van der Waals surface area contributed by atoms with Crippen molar-refractivity contribution < 1.29 is 9.18 Å². The Morgan fingerprint density at radius 2 is 2.33 bits per heavy atom. The van der Waals surface area contributed by atoms with Crippen molar-refractivity contribution in [2.45, 2.75) is 13.0 Å². The molecule has 6 heteroatoms. The highest BCUT2D eigenvalue weighted by molar-refractivity contribution is 9.10. The summed E-state index contributed by atoms with van der Waals surface area (Å²) in [4.78, 5) is 16.0. The standard InChI is InChI=1S/C12H10BrFN2OS/c1-7(12-15-4-5-18-12)16-11(17)8-2-3-9(13)10(14)6-8/h2-7H,1H3,(H,16,17). The van der Waals surface area contributed by atoms with Crippen molar-refractivity contribution in [2.24, 2.45) is 0 Å². The second-order valence-corrected chi connectivity index (χ2v) is 5.47. The number of benzene rings is 1. The number of hydrogen-bond acceptors (Lipinski definition) is 3. The van der Waals surface area contributed by atoms with Crippen LogP contribution in [0.25, 0.3) is 0 Å². The lowest BCUT2D eigenvalue weighted by molar-refractivity contribution is 0.0939. The topological polar surface area (TPSA) is 42.0 Å². The molecule has 0 saturated heterocycles. The van der Waals surface area contributed by atoms with Crippen molar-refractivity contribution in [1.82, 2.24) is 10.3 Å². The van der Waals surface area contributed by atoms with E-state index in [2.05, 4.69) is 26.2 Å². The SMILES string of the molecule is CC(NC(=O)c1ccc(Br)c(F)c1)c1nccs1. The lowest BCUT2D eigenvalue weighted by Crippen LogP contribution is -2.26. The zero-order valence-corrected chi connectivity index (χ0v) is 11.9. The van der Waals surface area contributed by atoms with Gasteiger partial charge in [0.05, 0.1) is 10.5 Å². The number of rotatable bonds is 3. The van der Waals surface area contributed by atoms with E-state index in [1.165, 1.54) is 23.5 Å². The van der Waals surface area contributed by atoms with Gasteiger partial charge in [0.15, 0.2) is 0 Å². The third kappa shape index (κ3) is 2.94. The molecule has 1 heterocycles. The molecule has 0 aliphatic carbocycles. The summed E-state index contributed by atoms with van der Waals surface area (Å²) in [7, 11) is 0. The number of thiazole rings is 1. The van der Waals surface area contributed by atoms with Crippen molar-refractivity contribution >= 4 is 33.2 Å². The summed E-state index contributed by atoms with van der Waals surface area (Å²) >= 11 is 4.51. The van der Waals surface area contributed by atoms with Crippen LogP contribution < -0.4 is 5.32 Å². The van der Waals surface area contributed by atoms with Crippen LogP contribution in [0.4, 0.5) is 4.39 Å². The highest BCUT2D eigenvalue weighted by atomic mass is 79.9. The van der Waals surface area contributed by atoms with E-state index in [0.717, 1.165) is 5.01 Å². The lowest BCUT2D eigenvalue weighted by Gasteiger charge is -2.11. The molecule has 1 atom stereocenters. The molecule has 3 nitrogen and oxygen atoms in total. The quantitative estimate of drug-likeness (QED) is 0.936. The summed E-state index contributed by atoms with van der Waals surface area (Å²) < 4.78 is 13.7. The second-order valence-electron chi connectivity index (χ2n) is 3.69. The Labute approximate surface area is 116 Å². The highest BCUT2D eigenvalue weighted by Crippen LogP contribution is 2.18. The molecule has 18 heavy (non-hydrogen) atoms. The first-order valence-electron chi connectivity index (χ1n) is 5.23. The van der Waals surface area contributed by atoms with Gasteiger partial charge in [0.25, 0.3) is 5.91 Å².